The molecule has 0 radical (unpaired) electrons. The Balaban J connectivity index is 1.64. The van der Waals surface area contributed by atoms with Gasteiger partial charge in [-0.15, -0.1) is 11.3 Å². The van der Waals surface area contributed by atoms with Gasteiger partial charge in [0, 0.05) is 60.6 Å². The maximum Gasteiger partial charge on any atom is 0.262 e. The van der Waals surface area contributed by atoms with Gasteiger partial charge in [0.05, 0.1) is 18.4 Å². The molecule has 4 rings (SSSR count). The van der Waals surface area contributed by atoms with Crippen molar-refractivity contribution in [3.05, 3.63) is 45.7 Å². The molecule has 0 aromatic carbocycles. The number of nitrogens with zero attached hydrogens (tertiary/aromatic N) is 4. The van der Waals surface area contributed by atoms with E-state index in [1.54, 1.807) is 6.20 Å². The first-order valence-electron chi connectivity index (χ1n) is 10.9. The average molecular weight is 442 g/mol. The van der Waals surface area contributed by atoms with Crippen LogP contribution in [0.25, 0.3) is 10.2 Å². The summed E-state index contributed by atoms with van der Waals surface area (Å²) >= 11 is 1.45. The first-order chi connectivity index (χ1) is 14.9. The van der Waals surface area contributed by atoms with Crippen LogP contribution in [0.4, 0.5) is 0 Å². The summed E-state index contributed by atoms with van der Waals surface area (Å²) in [7, 11) is 0. The van der Waals surface area contributed by atoms with Gasteiger partial charge in [-0.2, -0.15) is 5.10 Å². The van der Waals surface area contributed by atoms with Crippen molar-refractivity contribution < 1.29 is 9.53 Å². The summed E-state index contributed by atoms with van der Waals surface area (Å²) in [5, 5.41) is 8.72. The highest BCUT2D eigenvalue weighted by Crippen LogP contribution is 2.37. The Hall–Kier alpha value is -2.29. The summed E-state index contributed by atoms with van der Waals surface area (Å²) in [6, 6.07) is 4.04. The van der Waals surface area contributed by atoms with Gasteiger partial charge in [0.2, 0.25) is 0 Å². The number of amides is 1. The summed E-state index contributed by atoms with van der Waals surface area (Å²) in [6.07, 6.45) is 1.61. The summed E-state index contributed by atoms with van der Waals surface area (Å²) in [4.78, 5) is 21.5. The van der Waals surface area contributed by atoms with Crippen LogP contribution >= 0.6 is 11.3 Å². The number of fused-ring (bicyclic) bond motifs is 1. The van der Waals surface area contributed by atoms with Gasteiger partial charge in [-0.1, -0.05) is 6.07 Å². The van der Waals surface area contributed by atoms with Crippen molar-refractivity contribution in [2.75, 3.05) is 19.7 Å². The molecule has 8 heteroatoms. The van der Waals surface area contributed by atoms with Crippen LogP contribution in [0.3, 0.4) is 0 Å². The average Bonchev–Trinajstić information content (AvgIpc) is 3.26. The Labute approximate surface area is 187 Å². The van der Waals surface area contributed by atoms with E-state index in [0.29, 0.717) is 11.5 Å². The number of rotatable bonds is 6. The predicted molar refractivity (Wildman–Crippen MR) is 124 cm³/mol. The van der Waals surface area contributed by atoms with E-state index in [9.17, 15) is 4.79 Å². The SMILES string of the molecule is CCn1nc(C)c(CN2CCO[C@@H](c3c(C(=O)NC(C)C)sc4ncccc34)C2)c1C. The van der Waals surface area contributed by atoms with Gasteiger partial charge in [0.15, 0.2) is 0 Å². The Morgan fingerprint density at radius 3 is 2.90 bits per heavy atom. The lowest BCUT2D eigenvalue weighted by Crippen LogP contribution is -2.39. The van der Waals surface area contributed by atoms with Crippen molar-refractivity contribution in [2.24, 2.45) is 0 Å². The quantitative estimate of drug-likeness (QED) is 0.629. The van der Waals surface area contributed by atoms with Crippen molar-refractivity contribution in [3.8, 4) is 0 Å². The molecular formula is C23H31N5O2S. The normalized spacial score (nSPS) is 17.5. The molecule has 1 fully saturated rings. The number of hydrogen-bond donors (Lipinski definition) is 1. The third kappa shape index (κ3) is 4.37. The molecule has 7 nitrogen and oxygen atoms in total. The minimum absolute atomic E-state index is 0.0513. The lowest BCUT2D eigenvalue weighted by Gasteiger charge is -2.33. The maximum atomic E-state index is 13.0. The summed E-state index contributed by atoms with van der Waals surface area (Å²) < 4.78 is 8.28. The first kappa shape index (κ1) is 21.9. The van der Waals surface area contributed by atoms with Gasteiger partial charge in [-0.25, -0.2) is 4.98 Å². The fraction of sp³-hybridized carbons (Fsp3) is 0.522. The molecule has 1 N–H and O–H groups in total. The third-order valence-electron chi connectivity index (χ3n) is 5.82. The van der Waals surface area contributed by atoms with Crippen LogP contribution < -0.4 is 5.32 Å². The second-order valence-electron chi connectivity index (χ2n) is 8.39. The second kappa shape index (κ2) is 9.06. The van der Waals surface area contributed by atoms with E-state index in [0.717, 1.165) is 47.7 Å². The number of hydrogen-bond acceptors (Lipinski definition) is 6. The molecule has 31 heavy (non-hydrogen) atoms. The predicted octanol–water partition coefficient (Wildman–Crippen LogP) is 3.84. The molecule has 1 atom stereocenters. The molecule has 1 aliphatic heterocycles. The van der Waals surface area contributed by atoms with E-state index in [1.165, 1.54) is 22.6 Å². The molecule has 3 aromatic rings. The van der Waals surface area contributed by atoms with Crippen LogP contribution in [0, 0.1) is 13.8 Å². The van der Waals surface area contributed by atoms with E-state index in [4.69, 9.17) is 4.74 Å². The summed E-state index contributed by atoms with van der Waals surface area (Å²) in [6.45, 7) is 14.2. The van der Waals surface area contributed by atoms with Crippen molar-refractivity contribution in [1.82, 2.24) is 25.0 Å². The smallest absolute Gasteiger partial charge is 0.262 e. The lowest BCUT2D eigenvalue weighted by atomic mass is 10.0. The molecule has 0 aliphatic carbocycles. The van der Waals surface area contributed by atoms with E-state index < -0.39 is 0 Å². The lowest BCUT2D eigenvalue weighted by molar-refractivity contribution is -0.0324. The van der Waals surface area contributed by atoms with Gasteiger partial charge < -0.3 is 10.1 Å². The zero-order valence-corrected chi connectivity index (χ0v) is 19.8. The fourth-order valence-electron chi connectivity index (χ4n) is 4.28. The molecule has 1 amide bonds. The maximum absolute atomic E-state index is 13.0. The highest BCUT2D eigenvalue weighted by molar-refractivity contribution is 7.20. The van der Waals surface area contributed by atoms with Gasteiger partial charge in [-0.05, 0) is 40.7 Å². The molecule has 166 valence electrons. The monoisotopic (exact) mass is 441 g/mol. The Morgan fingerprint density at radius 1 is 1.39 bits per heavy atom. The molecular weight excluding hydrogens is 410 g/mol. The number of thiophene rings is 1. The Kier molecular flexibility index (Phi) is 6.41. The topological polar surface area (TPSA) is 72.3 Å². The highest BCUT2D eigenvalue weighted by atomic mass is 32.1. The van der Waals surface area contributed by atoms with Gasteiger partial charge in [0.25, 0.3) is 5.91 Å². The summed E-state index contributed by atoms with van der Waals surface area (Å²) in [5.41, 5.74) is 4.57. The second-order valence-corrected chi connectivity index (χ2v) is 9.39. The highest BCUT2D eigenvalue weighted by Gasteiger charge is 2.31. The van der Waals surface area contributed by atoms with E-state index in [-0.39, 0.29) is 18.1 Å². The largest absolute Gasteiger partial charge is 0.371 e. The minimum Gasteiger partial charge on any atom is -0.371 e. The molecule has 1 aliphatic rings. The van der Waals surface area contributed by atoms with Gasteiger partial charge in [0.1, 0.15) is 9.71 Å². The van der Waals surface area contributed by atoms with Crippen molar-refractivity contribution in [2.45, 2.75) is 59.9 Å². The number of aromatic nitrogens is 3. The van der Waals surface area contributed by atoms with Crippen molar-refractivity contribution in [3.63, 3.8) is 0 Å². The number of ether oxygens (including phenoxy) is 1. The summed E-state index contributed by atoms with van der Waals surface area (Å²) in [5.74, 6) is -0.0513. The zero-order chi connectivity index (χ0) is 22.1. The number of carbonyl (C=O) groups is 1. The minimum atomic E-state index is -0.165. The number of pyridine rings is 1. The molecule has 0 spiro atoms. The number of nitrogens with one attached hydrogen (secondary N) is 1. The van der Waals surface area contributed by atoms with Crippen LogP contribution in [0.15, 0.2) is 18.3 Å². The molecule has 1 saturated heterocycles. The van der Waals surface area contributed by atoms with Gasteiger partial charge in [-0.3, -0.25) is 14.4 Å². The first-order valence-corrected chi connectivity index (χ1v) is 11.8. The molecule has 4 heterocycles. The Morgan fingerprint density at radius 2 is 2.19 bits per heavy atom. The standard InChI is InChI=1S/C23H31N5O2S/c1-6-28-16(5)18(15(4)26-28)12-27-10-11-30-19(13-27)20-17-8-7-9-24-23(17)31-21(20)22(29)25-14(2)3/h7-9,14,19H,6,10-13H2,1-5H3,(H,25,29)/t19-/m1/s1. The molecule has 0 bridgehead atoms. The fourth-order valence-corrected chi connectivity index (χ4v) is 5.38. The van der Waals surface area contributed by atoms with Gasteiger partial charge >= 0.3 is 0 Å². The third-order valence-corrected chi connectivity index (χ3v) is 6.94. The molecule has 0 unspecified atom stereocenters. The van der Waals surface area contributed by atoms with Crippen LogP contribution in [0.5, 0.6) is 0 Å². The zero-order valence-electron chi connectivity index (χ0n) is 18.9. The van der Waals surface area contributed by atoms with E-state index in [1.807, 2.05) is 26.0 Å². The number of carbonyl (C=O) groups excluding carboxylic acids is 1. The van der Waals surface area contributed by atoms with Crippen molar-refractivity contribution in [1.29, 1.82) is 0 Å². The molecule has 0 saturated carbocycles. The van der Waals surface area contributed by atoms with Crippen LogP contribution in [0.1, 0.15) is 59.1 Å². The van der Waals surface area contributed by atoms with Crippen molar-refractivity contribution >= 4 is 27.5 Å². The van der Waals surface area contributed by atoms with Crippen LogP contribution in [0.2, 0.25) is 0 Å². The Bertz CT molecular complexity index is 1090. The number of morpholine rings is 1. The molecule has 3 aromatic heterocycles. The van der Waals surface area contributed by atoms with E-state index in [2.05, 4.69) is 45.8 Å². The van der Waals surface area contributed by atoms with E-state index >= 15 is 0 Å². The van der Waals surface area contributed by atoms with Crippen LogP contribution in [-0.2, 0) is 17.8 Å². The number of aryl methyl sites for hydroxylation is 2. The van der Waals surface area contributed by atoms with Crippen LogP contribution in [-0.4, -0.2) is 51.3 Å².